The Morgan fingerprint density at radius 1 is 1.41 bits per heavy atom. The lowest BCUT2D eigenvalue weighted by Crippen LogP contribution is -2.49. The van der Waals surface area contributed by atoms with Gasteiger partial charge in [-0.1, -0.05) is 6.92 Å². The van der Waals surface area contributed by atoms with Crippen LogP contribution in [0.15, 0.2) is 0 Å². The molecule has 0 spiro atoms. The summed E-state index contributed by atoms with van der Waals surface area (Å²) in [6.07, 6.45) is 1.02. The zero-order valence-corrected chi connectivity index (χ0v) is 11.6. The molecule has 0 aromatic heterocycles. The van der Waals surface area contributed by atoms with E-state index < -0.39 is 0 Å². The van der Waals surface area contributed by atoms with Crippen molar-refractivity contribution in [2.45, 2.75) is 33.2 Å². The maximum absolute atomic E-state index is 11.8. The topological polar surface area (TPSA) is 44.4 Å². The lowest BCUT2D eigenvalue weighted by Gasteiger charge is -2.31. The molecule has 0 aliphatic carbocycles. The monoisotopic (exact) mass is 241 g/mol. The number of nitrogens with zero attached hydrogens (tertiary/aromatic N) is 1. The van der Waals surface area contributed by atoms with Gasteiger partial charge in [-0.3, -0.25) is 4.79 Å². The number of hydrogen-bond acceptors (Lipinski definition) is 3. The van der Waals surface area contributed by atoms with E-state index in [0.29, 0.717) is 12.0 Å². The van der Waals surface area contributed by atoms with Crippen molar-refractivity contribution < 1.29 is 4.79 Å². The van der Waals surface area contributed by atoms with Crippen LogP contribution in [0, 0.1) is 11.8 Å². The fraction of sp³-hybridized carbons (Fsp3) is 0.923. The first-order valence-electron chi connectivity index (χ1n) is 6.71. The molecule has 17 heavy (non-hydrogen) atoms. The van der Waals surface area contributed by atoms with Crippen LogP contribution in [0.5, 0.6) is 0 Å². The molecule has 1 fully saturated rings. The molecule has 0 aromatic carbocycles. The van der Waals surface area contributed by atoms with Gasteiger partial charge in [0.15, 0.2) is 0 Å². The highest BCUT2D eigenvalue weighted by Crippen LogP contribution is 2.15. The first kappa shape index (κ1) is 14.5. The summed E-state index contributed by atoms with van der Waals surface area (Å²) in [5.41, 5.74) is 0. The second kappa shape index (κ2) is 6.97. The Morgan fingerprint density at radius 3 is 2.53 bits per heavy atom. The molecule has 1 amide bonds. The van der Waals surface area contributed by atoms with E-state index in [1.165, 1.54) is 0 Å². The quantitative estimate of drug-likeness (QED) is 0.645. The van der Waals surface area contributed by atoms with Crippen molar-refractivity contribution in [3.05, 3.63) is 0 Å². The Labute approximate surface area is 105 Å². The molecule has 4 nitrogen and oxygen atoms in total. The Balaban J connectivity index is 2.07. The molecule has 1 atom stereocenters. The van der Waals surface area contributed by atoms with Crippen LogP contribution in [0.4, 0.5) is 0 Å². The first-order chi connectivity index (χ1) is 8.02. The molecule has 1 rings (SSSR count). The second-order valence-electron chi connectivity index (χ2n) is 5.43. The molecular weight excluding hydrogens is 214 g/mol. The maximum Gasteiger partial charge on any atom is 0.223 e. The molecule has 100 valence electrons. The highest BCUT2D eigenvalue weighted by molar-refractivity contribution is 5.78. The average Bonchev–Trinajstić information content (AvgIpc) is 2.20. The normalized spacial score (nSPS) is 18.2. The predicted octanol–water partition coefficient (Wildman–Crippen LogP) is 0.688. The lowest BCUT2D eigenvalue weighted by atomic mass is 9.88. The van der Waals surface area contributed by atoms with Crippen LogP contribution >= 0.6 is 0 Å². The van der Waals surface area contributed by atoms with E-state index >= 15 is 0 Å². The third-order valence-electron chi connectivity index (χ3n) is 3.80. The Kier molecular flexibility index (Phi) is 5.92. The summed E-state index contributed by atoms with van der Waals surface area (Å²) in [5, 5.41) is 6.24. The summed E-state index contributed by atoms with van der Waals surface area (Å²) >= 11 is 0. The first-order valence-corrected chi connectivity index (χ1v) is 6.71. The minimum absolute atomic E-state index is 0.152. The number of carbonyl (C=O) groups is 1. The third-order valence-corrected chi connectivity index (χ3v) is 3.80. The zero-order chi connectivity index (χ0) is 12.8. The van der Waals surface area contributed by atoms with Gasteiger partial charge >= 0.3 is 0 Å². The zero-order valence-electron chi connectivity index (χ0n) is 11.6. The summed E-state index contributed by atoms with van der Waals surface area (Å²) in [4.78, 5) is 14.1. The van der Waals surface area contributed by atoms with Crippen molar-refractivity contribution in [2.24, 2.45) is 11.8 Å². The Morgan fingerprint density at radius 2 is 2.06 bits per heavy atom. The van der Waals surface area contributed by atoms with Crippen LogP contribution in [0.1, 0.15) is 27.2 Å². The third kappa shape index (κ3) is 4.64. The van der Waals surface area contributed by atoms with Crippen LogP contribution in [0.25, 0.3) is 0 Å². The molecule has 1 aliphatic heterocycles. The molecule has 0 saturated carbocycles. The van der Waals surface area contributed by atoms with E-state index in [1.54, 1.807) is 0 Å². The molecular formula is C13H27N3O. The van der Waals surface area contributed by atoms with E-state index in [1.807, 2.05) is 6.92 Å². The molecule has 1 heterocycles. The van der Waals surface area contributed by atoms with Gasteiger partial charge in [0.2, 0.25) is 5.91 Å². The van der Waals surface area contributed by atoms with Gasteiger partial charge in [0, 0.05) is 18.5 Å². The Bertz CT molecular complexity index is 239. The van der Waals surface area contributed by atoms with E-state index in [2.05, 4.69) is 36.4 Å². The summed E-state index contributed by atoms with van der Waals surface area (Å²) < 4.78 is 0. The molecule has 4 heteroatoms. The minimum atomic E-state index is 0.152. The summed E-state index contributed by atoms with van der Waals surface area (Å²) in [6, 6.07) is 0.575. The smallest absolute Gasteiger partial charge is 0.223 e. The van der Waals surface area contributed by atoms with Gasteiger partial charge in [-0.05, 0) is 52.9 Å². The SMILES string of the molecule is CC(C(=O)NCCCN(C)C(C)C)C1CNC1. The van der Waals surface area contributed by atoms with E-state index in [4.69, 9.17) is 0 Å². The second-order valence-corrected chi connectivity index (χ2v) is 5.43. The van der Waals surface area contributed by atoms with Gasteiger partial charge in [0.05, 0.1) is 0 Å². The van der Waals surface area contributed by atoms with Crippen molar-refractivity contribution >= 4 is 5.91 Å². The molecule has 1 aliphatic rings. The molecule has 0 radical (unpaired) electrons. The predicted molar refractivity (Wildman–Crippen MR) is 70.9 cm³/mol. The highest BCUT2D eigenvalue weighted by atomic mass is 16.1. The van der Waals surface area contributed by atoms with Gasteiger partial charge in [0.25, 0.3) is 0 Å². The van der Waals surface area contributed by atoms with E-state index in [0.717, 1.165) is 32.6 Å². The van der Waals surface area contributed by atoms with E-state index in [9.17, 15) is 4.79 Å². The minimum Gasteiger partial charge on any atom is -0.356 e. The lowest BCUT2D eigenvalue weighted by molar-refractivity contribution is -0.126. The van der Waals surface area contributed by atoms with Gasteiger partial charge in [0.1, 0.15) is 0 Å². The molecule has 1 saturated heterocycles. The van der Waals surface area contributed by atoms with E-state index in [-0.39, 0.29) is 11.8 Å². The largest absolute Gasteiger partial charge is 0.356 e. The number of rotatable bonds is 7. The Hall–Kier alpha value is -0.610. The maximum atomic E-state index is 11.8. The van der Waals surface area contributed by atoms with Gasteiger partial charge in [-0.25, -0.2) is 0 Å². The van der Waals surface area contributed by atoms with Crippen LogP contribution in [-0.4, -0.2) is 50.1 Å². The van der Waals surface area contributed by atoms with Crippen molar-refractivity contribution in [1.29, 1.82) is 0 Å². The van der Waals surface area contributed by atoms with Crippen LogP contribution in [0.3, 0.4) is 0 Å². The van der Waals surface area contributed by atoms with Crippen molar-refractivity contribution in [3.63, 3.8) is 0 Å². The van der Waals surface area contributed by atoms with Crippen molar-refractivity contribution in [3.8, 4) is 0 Å². The van der Waals surface area contributed by atoms with Crippen molar-refractivity contribution in [1.82, 2.24) is 15.5 Å². The number of nitrogens with one attached hydrogen (secondary N) is 2. The van der Waals surface area contributed by atoms with Crippen LogP contribution in [0.2, 0.25) is 0 Å². The summed E-state index contributed by atoms with van der Waals surface area (Å²) in [6.45, 7) is 10.2. The van der Waals surface area contributed by atoms with Crippen LogP contribution < -0.4 is 10.6 Å². The fourth-order valence-corrected chi connectivity index (χ4v) is 1.84. The molecule has 0 aromatic rings. The van der Waals surface area contributed by atoms with Crippen LogP contribution in [-0.2, 0) is 4.79 Å². The van der Waals surface area contributed by atoms with Crippen molar-refractivity contribution in [2.75, 3.05) is 33.2 Å². The number of amides is 1. The number of hydrogen-bond donors (Lipinski definition) is 2. The molecule has 2 N–H and O–H groups in total. The highest BCUT2D eigenvalue weighted by Gasteiger charge is 2.28. The molecule has 1 unspecified atom stereocenters. The van der Waals surface area contributed by atoms with Gasteiger partial charge < -0.3 is 15.5 Å². The molecule has 0 bridgehead atoms. The van der Waals surface area contributed by atoms with Gasteiger partial charge in [-0.2, -0.15) is 0 Å². The summed E-state index contributed by atoms with van der Waals surface area (Å²) in [5.74, 6) is 0.899. The fourth-order valence-electron chi connectivity index (χ4n) is 1.84. The number of carbonyl (C=O) groups excluding carboxylic acids is 1. The van der Waals surface area contributed by atoms with Gasteiger partial charge in [-0.15, -0.1) is 0 Å². The standard InChI is InChI=1S/C13H27N3O/c1-10(2)16(4)7-5-6-15-13(17)11(3)12-8-14-9-12/h10-12,14H,5-9H2,1-4H3,(H,15,17). The average molecular weight is 241 g/mol. The summed E-state index contributed by atoms with van der Waals surface area (Å²) in [7, 11) is 2.12.